The number of anilines is 2. The molecule has 3 rings (SSSR count). The lowest BCUT2D eigenvalue weighted by atomic mass is 10.1. The number of nitrogens with two attached hydrogens (primary N) is 1. The molecular weight excluding hydrogens is 362 g/mol. The van der Waals surface area contributed by atoms with E-state index in [1.54, 1.807) is 4.90 Å². The summed E-state index contributed by atoms with van der Waals surface area (Å²) in [6.07, 6.45) is 0.156. The first kappa shape index (κ1) is 17.4. The van der Waals surface area contributed by atoms with Gasteiger partial charge in [-0.25, -0.2) is 0 Å². The SMILES string of the molecule is NC(=O)CSc1nnc(NC(=O)[C@H]2CC(=O)N(c3ccccc3)C2)s1. The molecule has 1 fully saturated rings. The van der Waals surface area contributed by atoms with Crippen LogP contribution in [0.1, 0.15) is 6.42 Å². The van der Waals surface area contributed by atoms with Gasteiger partial charge >= 0.3 is 0 Å². The van der Waals surface area contributed by atoms with Crippen molar-refractivity contribution in [2.45, 2.75) is 10.8 Å². The van der Waals surface area contributed by atoms with Crippen molar-refractivity contribution in [3.8, 4) is 0 Å². The number of carbonyl (C=O) groups excluding carboxylic acids is 3. The average molecular weight is 377 g/mol. The van der Waals surface area contributed by atoms with Gasteiger partial charge in [0.25, 0.3) is 0 Å². The highest BCUT2D eigenvalue weighted by molar-refractivity contribution is 8.01. The van der Waals surface area contributed by atoms with E-state index >= 15 is 0 Å². The summed E-state index contributed by atoms with van der Waals surface area (Å²) < 4.78 is 0.544. The Labute approximate surface area is 151 Å². The standard InChI is InChI=1S/C15H15N5O3S2/c16-11(21)8-24-15-19-18-14(25-15)17-13(23)9-6-12(22)20(7-9)10-4-2-1-3-5-10/h1-5,9H,6-8H2,(H2,16,21)(H,17,18,23)/t9-/m0/s1. The van der Waals surface area contributed by atoms with Crippen LogP contribution in [0.4, 0.5) is 10.8 Å². The van der Waals surface area contributed by atoms with Crippen LogP contribution < -0.4 is 16.0 Å². The third-order valence-electron chi connectivity index (χ3n) is 3.54. The van der Waals surface area contributed by atoms with Gasteiger partial charge in [0.15, 0.2) is 4.34 Å². The molecule has 0 bridgehead atoms. The third kappa shape index (κ3) is 4.34. The van der Waals surface area contributed by atoms with Gasteiger partial charge in [0.2, 0.25) is 22.9 Å². The van der Waals surface area contributed by atoms with Gasteiger partial charge in [-0.1, -0.05) is 41.3 Å². The van der Waals surface area contributed by atoms with Gasteiger partial charge in [-0.3, -0.25) is 14.4 Å². The lowest BCUT2D eigenvalue weighted by Gasteiger charge is -2.16. The van der Waals surface area contributed by atoms with E-state index in [2.05, 4.69) is 15.5 Å². The van der Waals surface area contributed by atoms with Gasteiger partial charge in [0.05, 0.1) is 11.7 Å². The molecule has 1 aromatic carbocycles. The summed E-state index contributed by atoms with van der Waals surface area (Å²) in [5, 5.41) is 10.8. The van der Waals surface area contributed by atoms with Gasteiger partial charge in [0.1, 0.15) is 0 Å². The zero-order chi connectivity index (χ0) is 17.8. The summed E-state index contributed by atoms with van der Waals surface area (Å²) in [6.45, 7) is 0.330. The fourth-order valence-corrected chi connectivity index (χ4v) is 3.89. The second-order valence-electron chi connectivity index (χ2n) is 5.36. The Balaban J connectivity index is 1.59. The number of nitrogens with zero attached hydrogens (tertiary/aromatic N) is 3. The predicted octanol–water partition coefficient (Wildman–Crippen LogP) is 1.11. The van der Waals surface area contributed by atoms with Crippen LogP contribution in [0.3, 0.4) is 0 Å². The van der Waals surface area contributed by atoms with Crippen molar-refractivity contribution in [1.82, 2.24) is 10.2 Å². The largest absolute Gasteiger partial charge is 0.369 e. The third-order valence-corrected chi connectivity index (χ3v) is 5.53. The number of benzene rings is 1. The predicted molar refractivity (Wildman–Crippen MR) is 95.4 cm³/mol. The molecule has 1 aliphatic rings. The van der Waals surface area contributed by atoms with Gasteiger partial charge in [-0.2, -0.15) is 0 Å². The minimum atomic E-state index is -0.448. The Morgan fingerprint density at radius 1 is 1.32 bits per heavy atom. The first-order valence-corrected chi connectivity index (χ1v) is 9.24. The van der Waals surface area contributed by atoms with Crippen LogP contribution in [0.25, 0.3) is 0 Å². The Morgan fingerprint density at radius 3 is 2.80 bits per heavy atom. The Bertz CT molecular complexity index is 795. The van der Waals surface area contributed by atoms with E-state index in [0.717, 1.165) is 28.8 Å². The van der Waals surface area contributed by atoms with Gasteiger partial charge < -0.3 is 16.0 Å². The number of primary amides is 1. The van der Waals surface area contributed by atoms with E-state index in [0.29, 0.717) is 16.0 Å². The summed E-state index contributed by atoms with van der Waals surface area (Å²) in [5.41, 5.74) is 5.86. The van der Waals surface area contributed by atoms with E-state index in [-0.39, 0.29) is 24.0 Å². The molecular formula is C15H15N5O3S2. The minimum absolute atomic E-state index is 0.0821. The molecule has 25 heavy (non-hydrogen) atoms. The topological polar surface area (TPSA) is 118 Å². The Morgan fingerprint density at radius 2 is 2.08 bits per heavy atom. The van der Waals surface area contributed by atoms with E-state index in [9.17, 15) is 14.4 Å². The highest BCUT2D eigenvalue weighted by Crippen LogP contribution is 2.28. The number of carbonyl (C=O) groups is 3. The molecule has 2 aromatic rings. The second kappa shape index (κ2) is 7.62. The van der Waals surface area contributed by atoms with Crippen molar-refractivity contribution in [1.29, 1.82) is 0 Å². The minimum Gasteiger partial charge on any atom is -0.369 e. The van der Waals surface area contributed by atoms with Crippen LogP contribution in [0.5, 0.6) is 0 Å². The number of rotatable bonds is 6. The summed E-state index contributed by atoms with van der Waals surface area (Å²) in [5.74, 6) is -1.14. The lowest BCUT2D eigenvalue weighted by Crippen LogP contribution is -2.28. The molecule has 0 unspecified atom stereocenters. The molecule has 2 heterocycles. The van der Waals surface area contributed by atoms with Crippen LogP contribution in [-0.4, -0.2) is 40.2 Å². The number of hydrogen-bond acceptors (Lipinski definition) is 7. The van der Waals surface area contributed by atoms with Crippen molar-refractivity contribution in [2.75, 3.05) is 22.5 Å². The number of para-hydroxylation sites is 1. The van der Waals surface area contributed by atoms with Gasteiger partial charge in [0, 0.05) is 18.7 Å². The molecule has 1 aromatic heterocycles. The van der Waals surface area contributed by atoms with Crippen molar-refractivity contribution < 1.29 is 14.4 Å². The molecule has 10 heteroatoms. The fourth-order valence-electron chi connectivity index (χ4n) is 2.40. The second-order valence-corrected chi connectivity index (χ2v) is 7.56. The molecule has 0 aliphatic carbocycles. The first-order chi connectivity index (χ1) is 12.0. The molecule has 1 aliphatic heterocycles. The molecule has 0 spiro atoms. The molecule has 0 saturated carbocycles. The summed E-state index contributed by atoms with van der Waals surface area (Å²) >= 11 is 2.33. The summed E-state index contributed by atoms with van der Waals surface area (Å²) in [4.78, 5) is 36.9. The number of aromatic nitrogens is 2. The lowest BCUT2D eigenvalue weighted by molar-refractivity contribution is -0.122. The zero-order valence-electron chi connectivity index (χ0n) is 13.0. The van der Waals surface area contributed by atoms with Crippen molar-refractivity contribution >= 4 is 51.6 Å². The normalized spacial score (nSPS) is 16.9. The van der Waals surface area contributed by atoms with Crippen LogP contribution >= 0.6 is 23.1 Å². The highest BCUT2D eigenvalue weighted by atomic mass is 32.2. The first-order valence-electron chi connectivity index (χ1n) is 7.44. The quantitative estimate of drug-likeness (QED) is 0.575. The van der Waals surface area contributed by atoms with Gasteiger partial charge in [-0.05, 0) is 12.1 Å². The number of hydrogen-bond donors (Lipinski definition) is 2. The molecule has 3 amide bonds. The number of amides is 3. The highest BCUT2D eigenvalue weighted by Gasteiger charge is 2.35. The Kier molecular flexibility index (Phi) is 5.29. The van der Waals surface area contributed by atoms with Crippen molar-refractivity contribution in [3.05, 3.63) is 30.3 Å². The maximum atomic E-state index is 12.4. The maximum absolute atomic E-state index is 12.4. The maximum Gasteiger partial charge on any atom is 0.231 e. The molecule has 1 atom stereocenters. The van der Waals surface area contributed by atoms with Crippen molar-refractivity contribution in [2.24, 2.45) is 11.7 Å². The molecule has 1 saturated heterocycles. The van der Waals surface area contributed by atoms with Crippen LogP contribution in [0.2, 0.25) is 0 Å². The van der Waals surface area contributed by atoms with Crippen LogP contribution in [-0.2, 0) is 14.4 Å². The fraction of sp³-hybridized carbons (Fsp3) is 0.267. The monoisotopic (exact) mass is 377 g/mol. The van der Waals surface area contributed by atoms with E-state index in [4.69, 9.17) is 5.73 Å². The summed E-state index contributed by atoms with van der Waals surface area (Å²) in [6, 6.07) is 9.25. The van der Waals surface area contributed by atoms with Crippen molar-refractivity contribution in [3.63, 3.8) is 0 Å². The summed E-state index contributed by atoms with van der Waals surface area (Å²) in [7, 11) is 0. The van der Waals surface area contributed by atoms with E-state index in [1.165, 1.54) is 0 Å². The van der Waals surface area contributed by atoms with E-state index < -0.39 is 11.8 Å². The Hall–Kier alpha value is -2.46. The van der Waals surface area contributed by atoms with E-state index in [1.807, 2.05) is 30.3 Å². The molecule has 130 valence electrons. The molecule has 0 radical (unpaired) electrons. The average Bonchev–Trinajstić information content (AvgIpc) is 3.20. The zero-order valence-corrected chi connectivity index (χ0v) is 14.7. The van der Waals surface area contributed by atoms with Crippen LogP contribution in [0.15, 0.2) is 34.7 Å². The smallest absolute Gasteiger partial charge is 0.231 e. The number of nitrogens with one attached hydrogen (secondary N) is 1. The van der Waals surface area contributed by atoms with Gasteiger partial charge in [-0.15, -0.1) is 10.2 Å². The van der Waals surface area contributed by atoms with Crippen LogP contribution in [0, 0.1) is 5.92 Å². The molecule has 3 N–H and O–H groups in total. The molecule has 8 nitrogen and oxygen atoms in total. The number of thioether (sulfide) groups is 1.